The van der Waals surface area contributed by atoms with Gasteiger partial charge in [0.15, 0.2) is 5.54 Å². The monoisotopic (exact) mass is 345 g/mol. The molecule has 0 bridgehead atoms. The Morgan fingerprint density at radius 2 is 1.77 bits per heavy atom. The number of imide groups is 1. The fourth-order valence-corrected chi connectivity index (χ4v) is 4.42. The number of aromatic amines is 1. The van der Waals surface area contributed by atoms with Gasteiger partial charge in [0.05, 0.1) is 11.4 Å². The lowest BCUT2D eigenvalue weighted by atomic mass is 9.87. The zero-order valence-electron chi connectivity index (χ0n) is 14.7. The zero-order chi connectivity index (χ0) is 18.1. The topological polar surface area (TPSA) is 56.4 Å². The molecule has 2 aromatic carbocycles. The Hall–Kier alpha value is -3.08. The Morgan fingerprint density at radius 3 is 2.58 bits per heavy atom. The molecule has 5 rings (SSSR count). The van der Waals surface area contributed by atoms with Crippen molar-refractivity contribution in [2.45, 2.75) is 25.8 Å². The second-order valence-electron chi connectivity index (χ2n) is 7.21. The molecular formula is C21H19N3O2. The number of fused-ring (bicyclic) bond motifs is 5. The average molecular weight is 345 g/mol. The van der Waals surface area contributed by atoms with Gasteiger partial charge < -0.3 is 9.88 Å². The van der Waals surface area contributed by atoms with Gasteiger partial charge in [-0.05, 0) is 43.5 Å². The van der Waals surface area contributed by atoms with Gasteiger partial charge in [0.25, 0.3) is 5.91 Å². The number of aryl methyl sites for hydroxylation is 1. The van der Waals surface area contributed by atoms with Crippen LogP contribution in [0.1, 0.15) is 23.7 Å². The number of nitrogens with zero attached hydrogens (tertiary/aromatic N) is 2. The van der Waals surface area contributed by atoms with Gasteiger partial charge in [-0.25, -0.2) is 9.69 Å². The van der Waals surface area contributed by atoms with Gasteiger partial charge in [0, 0.05) is 17.4 Å². The molecule has 1 atom stereocenters. The number of anilines is 1. The van der Waals surface area contributed by atoms with Gasteiger partial charge in [0.2, 0.25) is 0 Å². The number of H-pyrrole nitrogens is 1. The Morgan fingerprint density at radius 1 is 1.04 bits per heavy atom. The highest BCUT2D eigenvalue weighted by atomic mass is 16.2. The molecule has 1 N–H and O–H groups in total. The number of urea groups is 1. The van der Waals surface area contributed by atoms with Gasteiger partial charge in [-0.15, -0.1) is 0 Å². The third kappa shape index (κ3) is 1.70. The van der Waals surface area contributed by atoms with Crippen molar-refractivity contribution in [3.05, 3.63) is 65.4 Å². The fraction of sp³-hybridized carbons (Fsp3) is 0.238. The maximum Gasteiger partial charge on any atom is 0.332 e. The van der Waals surface area contributed by atoms with Crippen LogP contribution in [0.5, 0.6) is 0 Å². The highest BCUT2D eigenvalue weighted by Gasteiger charge is 2.59. The van der Waals surface area contributed by atoms with E-state index < -0.39 is 5.54 Å². The van der Waals surface area contributed by atoms with Crippen LogP contribution in [0.2, 0.25) is 0 Å². The van der Waals surface area contributed by atoms with Crippen molar-refractivity contribution in [3.63, 3.8) is 0 Å². The van der Waals surface area contributed by atoms with Crippen molar-refractivity contribution in [1.29, 1.82) is 0 Å². The molecule has 0 saturated carbocycles. The molecule has 5 nitrogen and oxygen atoms in total. The van der Waals surface area contributed by atoms with E-state index in [4.69, 9.17) is 0 Å². The zero-order valence-corrected chi connectivity index (χ0v) is 14.7. The van der Waals surface area contributed by atoms with Gasteiger partial charge in [0.1, 0.15) is 0 Å². The highest BCUT2D eigenvalue weighted by molar-refractivity contribution is 6.24. The lowest BCUT2D eigenvalue weighted by Gasteiger charge is -2.35. The summed E-state index contributed by atoms with van der Waals surface area (Å²) < 4.78 is 0. The number of hydrogen-bond donors (Lipinski definition) is 1. The Bertz CT molecular complexity index is 1080. The number of benzene rings is 2. The molecule has 1 aromatic heterocycles. The van der Waals surface area contributed by atoms with Gasteiger partial charge in [-0.1, -0.05) is 36.4 Å². The van der Waals surface area contributed by atoms with Crippen LogP contribution in [-0.2, 0) is 16.8 Å². The summed E-state index contributed by atoms with van der Waals surface area (Å²) >= 11 is 0. The highest BCUT2D eigenvalue weighted by Crippen LogP contribution is 2.45. The van der Waals surface area contributed by atoms with E-state index >= 15 is 0 Å². The van der Waals surface area contributed by atoms with Crippen LogP contribution in [0.25, 0.3) is 10.9 Å². The average Bonchev–Trinajstić information content (AvgIpc) is 3.11. The van der Waals surface area contributed by atoms with E-state index in [0.717, 1.165) is 34.1 Å². The number of aromatic nitrogens is 1. The van der Waals surface area contributed by atoms with Crippen LogP contribution >= 0.6 is 0 Å². The summed E-state index contributed by atoms with van der Waals surface area (Å²) in [5.41, 5.74) is 3.58. The second-order valence-corrected chi connectivity index (χ2v) is 7.21. The van der Waals surface area contributed by atoms with Crippen LogP contribution in [-0.4, -0.2) is 28.4 Å². The summed E-state index contributed by atoms with van der Waals surface area (Å²) in [5, 5.41) is 1.14. The summed E-state index contributed by atoms with van der Waals surface area (Å²) in [6.07, 6.45) is 0.746. The van der Waals surface area contributed by atoms with Crippen molar-refractivity contribution in [3.8, 4) is 0 Å². The number of carbonyl (C=O) groups excluding carboxylic acids is 2. The van der Waals surface area contributed by atoms with Crippen LogP contribution in [0.4, 0.5) is 10.5 Å². The van der Waals surface area contributed by atoms with E-state index in [9.17, 15) is 9.59 Å². The maximum absolute atomic E-state index is 13.5. The van der Waals surface area contributed by atoms with Gasteiger partial charge in [-0.3, -0.25) is 4.79 Å². The quantitative estimate of drug-likeness (QED) is 0.684. The minimum atomic E-state index is -0.994. The Labute approximate surface area is 151 Å². The number of carbonyl (C=O) groups is 2. The molecule has 26 heavy (non-hydrogen) atoms. The molecule has 3 heterocycles. The Balaban J connectivity index is 1.72. The molecule has 0 spiro atoms. The molecule has 1 saturated heterocycles. The number of hydrogen-bond acceptors (Lipinski definition) is 2. The second kappa shape index (κ2) is 4.97. The van der Waals surface area contributed by atoms with E-state index in [2.05, 4.69) is 11.1 Å². The van der Waals surface area contributed by atoms with Gasteiger partial charge >= 0.3 is 6.03 Å². The third-order valence-corrected chi connectivity index (χ3v) is 5.82. The van der Waals surface area contributed by atoms with Crippen LogP contribution in [0.3, 0.4) is 0 Å². The first-order chi connectivity index (χ1) is 12.5. The summed E-state index contributed by atoms with van der Waals surface area (Å²) in [6, 6.07) is 15.4. The van der Waals surface area contributed by atoms with Crippen molar-refractivity contribution in [1.82, 2.24) is 9.88 Å². The van der Waals surface area contributed by atoms with Crippen LogP contribution in [0, 0.1) is 6.92 Å². The van der Waals surface area contributed by atoms with Crippen LogP contribution < -0.4 is 4.90 Å². The standard InChI is InChI=1S/C21H19N3O2/c1-13-7-3-6-10-17(13)24-19(25)21(2)18-15(11-12-23(21)20(24)26)14-8-4-5-9-16(14)22-18/h3-10,22H,11-12H2,1-2H3. The molecule has 1 fully saturated rings. The first kappa shape index (κ1) is 15.2. The molecule has 2 aliphatic heterocycles. The molecule has 2 aliphatic rings. The van der Waals surface area contributed by atoms with Crippen molar-refractivity contribution in [2.24, 2.45) is 0 Å². The molecule has 0 radical (unpaired) electrons. The maximum atomic E-state index is 13.5. The first-order valence-corrected chi connectivity index (χ1v) is 8.85. The van der Waals surface area contributed by atoms with Gasteiger partial charge in [-0.2, -0.15) is 0 Å². The molecule has 5 heteroatoms. The lowest BCUT2D eigenvalue weighted by molar-refractivity contribution is -0.125. The van der Waals surface area contributed by atoms with E-state index in [1.165, 1.54) is 4.90 Å². The molecule has 3 aromatic rings. The largest absolute Gasteiger partial charge is 0.356 e. The number of rotatable bonds is 1. The van der Waals surface area contributed by atoms with E-state index in [1.807, 2.05) is 56.3 Å². The van der Waals surface area contributed by atoms with E-state index in [-0.39, 0.29) is 11.9 Å². The van der Waals surface area contributed by atoms with E-state index in [1.54, 1.807) is 4.90 Å². The van der Waals surface area contributed by atoms with Crippen molar-refractivity contribution < 1.29 is 9.59 Å². The SMILES string of the molecule is Cc1ccccc1N1C(=O)N2CCc3c([nH]c4ccccc34)C2(C)C1=O. The summed E-state index contributed by atoms with van der Waals surface area (Å²) in [5.74, 6) is -0.190. The minimum absolute atomic E-state index is 0.190. The number of para-hydroxylation sites is 2. The predicted molar refractivity (Wildman–Crippen MR) is 100 cm³/mol. The third-order valence-electron chi connectivity index (χ3n) is 5.82. The predicted octanol–water partition coefficient (Wildman–Crippen LogP) is 3.72. The molecule has 0 aliphatic carbocycles. The molecule has 1 unspecified atom stereocenters. The number of amides is 3. The number of nitrogens with one attached hydrogen (secondary N) is 1. The van der Waals surface area contributed by atoms with Crippen molar-refractivity contribution in [2.75, 3.05) is 11.4 Å². The minimum Gasteiger partial charge on any atom is -0.356 e. The van der Waals surface area contributed by atoms with Crippen molar-refractivity contribution >= 4 is 28.5 Å². The molecule has 3 amide bonds. The van der Waals surface area contributed by atoms with E-state index in [0.29, 0.717) is 12.2 Å². The summed E-state index contributed by atoms with van der Waals surface area (Å²) in [7, 11) is 0. The fourth-order valence-electron chi connectivity index (χ4n) is 4.42. The lowest BCUT2D eigenvalue weighted by Crippen LogP contribution is -2.49. The summed E-state index contributed by atoms with van der Waals surface area (Å²) in [4.78, 5) is 33.1. The normalized spacial score (nSPS) is 22.1. The smallest absolute Gasteiger partial charge is 0.332 e. The Kier molecular flexibility index (Phi) is 2.91. The van der Waals surface area contributed by atoms with Crippen LogP contribution in [0.15, 0.2) is 48.5 Å². The molecule has 130 valence electrons. The molecular weight excluding hydrogens is 326 g/mol. The first-order valence-electron chi connectivity index (χ1n) is 8.85. The summed E-state index contributed by atoms with van der Waals surface area (Å²) in [6.45, 7) is 4.32.